The van der Waals surface area contributed by atoms with Crippen LogP contribution in [-0.2, 0) is 12.8 Å². The van der Waals surface area contributed by atoms with Gasteiger partial charge < -0.3 is 18.9 Å². The molecule has 2 rings (SSSR count). The second-order valence-corrected chi connectivity index (χ2v) is 6.72. The highest BCUT2D eigenvalue weighted by atomic mass is 16.5. The van der Waals surface area contributed by atoms with Gasteiger partial charge in [-0.15, -0.1) is 0 Å². The molecule has 0 aliphatic heterocycles. The molecule has 5 heteroatoms. The maximum absolute atomic E-state index is 13.3. The van der Waals surface area contributed by atoms with Crippen molar-refractivity contribution in [2.45, 2.75) is 53.9 Å². The quantitative estimate of drug-likeness (QED) is 0.396. The van der Waals surface area contributed by atoms with Gasteiger partial charge in [-0.3, -0.25) is 4.79 Å². The summed E-state index contributed by atoms with van der Waals surface area (Å²) < 4.78 is 23.1. The summed E-state index contributed by atoms with van der Waals surface area (Å²) in [6, 6.07) is 9.78. The van der Waals surface area contributed by atoms with Crippen molar-refractivity contribution in [3.05, 3.63) is 47.0 Å². The fourth-order valence-electron chi connectivity index (χ4n) is 3.36. The molecule has 0 saturated carbocycles. The minimum atomic E-state index is -0.0344. The summed E-state index contributed by atoms with van der Waals surface area (Å²) in [7, 11) is 0. The first kappa shape index (κ1) is 23.6. The Kier molecular flexibility index (Phi) is 9.52. The minimum Gasteiger partial charge on any atom is -0.494 e. The first-order valence-electron chi connectivity index (χ1n) is 10.9. The van der Waals surface area contributed by atoms with Gasteiger partial charge in [0.15, 0.2) is 17.3 Å². The molecule has 0 aromatic heterocycles. The Morgan fingerprint density at radius 3 is 1.93 bits per heavy atom. The SMILES string of the molecule is CCOc1ccc(CC)cc1CCC(=O)c1c(OCC)ccc(OCC)c1OCC. The van der Waals surface area contributed by atoms with E-state index in [1.165, 1.54) is 5.56 Å². The van der Waals surface area contributed by atoms with E-state index in [-0.39, 0.29) is 5.78 Å². The lowest BCUT2D eigenvalue weighted by Crippen LogP contribution is -2.11. The number of hydrogen-bond donors (Lipinski definition) is 0. The first-order valence-corrected chi connectivity index (χ1v) is 10.9. The molecule has 0 unspecified atom stereocenters. The predicted octanol–water partition coefficient (Wildman–Crippen LogP) is 5.66. The monoisotopic (exact) mass is 414 g/mol. The van der Waals surface area contributed by atoms with Gasteiger partial charge >= 0.3 is 0 Å². The van der Waals surface area contributed by atoms with Gasteiger partial charge in [-0.25, -0.2) is 0 Å². The zero-order chi connectivity index (χ0) is 21.9. The van der Waals surface area contributed by atoms with Gasteiger partial charge in [0, 0.05) is 6.42 Å². The lowest BCUT2D eigenvalue weighted by molar-refractivity contribution is 0.0973. The van der Waals surface area contributed by atoms with Crippen LogP contribution in [0, 0.1) is 0 Å². The van der Waals surface area contributed by atoms with E-state index < -0.39 is 0 Å². The molecule has 0 aliphatic carbocycles. The first-order chi connectivity index (χ1) is 14.6. The fourth-order valence-corrected chi connectivity index (χ4v) is 3.36. The van der Waals surface area contributed by atoms with Crippen LogP contribution in [0.1, 0.15) is 62.5 Å². The van der Waals surface area contributed by atoms with Crippen molar-refractivity contribution in [2.24, 2.45) is 0 Å². The zero-order valence-corrected chi connectivity index (χ0v) is 18.9. The van der Waals surface area contributed by atoms with Crippen LogP contribution in [0.4, 0.5) is 0 Å². The molecule has 5 nitrogen and oxygen atoms in total. The number of aryl methyl sites for hydroxylation is 2. The van der Waals surface area contributed by atoms with Crippen molar-refractivity contribution in [3.8, 4) is 23.0 Å². The summed E-state index contributed by atoms with van der Waals surface area (Å²) in [5.41, 5.74) is 2.72. The molecule has 0 saturated heterocycles. The van der Waals surface area contributed by atoms with Crippen LogP contribution in [0.25, 0.3) is 0 Å². The van der Waals surface area contributed by atoms with Crippen molar-refractivity contribution >= 4 is 5.78 Å². The van der Waals surface area contributed by atoms with Gasteiger partial charge in [-0.2, -0.15) is 0 Å². The van der Waals surface area contributed by atoms with Crippen molar-refractivity contribution < 1.29 is 23.7 Å². The molecule has 0 bridgehead atoms. The van der Waals surface area contributed by atoms with Gasteiger partial charge in [0.25, 0.3) is 0 Å². The molecule has 30 heavy (non-hydrogen) atoms. The average Bonchev–Trinajstić information content (AvgIpc) is 2.75. The van der Waals surface area contributed by atoms with Crippen LogP contribution < -0.4 is 18.9 Å². The molecular formula is C25H34O5. The molecule has 164 valence electrons. The third-order valence-corrected chi connectivity index (χ3v) is 4.70. The molecule has 0 spiro atoms. The normalized spacial score (nSPS) is 10.6. The highest BCUT2D eigenvalue weighted by molar-refractivity contribution is 6.02. The van der Waals surface area contributed by atoms with Crippen molar-refractivity contribution in [1.29, 1.82) is 0 Å². The van der Waals surface area contributed by atoms with Crippen LogP contribution >= 0.6 is 0 Å². The molecule has 0 aliphatic rings. The summed E-state index contributed by atoms with van der Waals surface area (Å²) in [4.78, 5) is 13.3. The average molecular weight is 415 g/mol. The molecule has 0 atom stereocenters. The highest BCUT2D eigenvalue weighted by Gasteiger charge is 2.23. The lowest BCUT2D eigenvalue weighted by Gasteiger charge is -2.18. The van der Waals surface area contributed by atoms with Crippen molar-refractivity contribution in [3.63, 3.8) is 0 Å². The predicted molar refractivity (Wildman–Crippen MR) is 120 cm³/mol. The standard InChI is InChI=1S/C25H34O5/c1-6-18-11-14-21(27-7-2)19(17-18)12-13-20(26)24-22(28-8-3)15-16-23(29-9-4)25(24)30-10-5/h11,14-17H,6-10,12-13H2,1-5H3. The molecule has 0 heterocycles. The molecule has 0 N–H and O–H groups in total. The Balaban J connectivity index is 2.37. The molecule has 0 amide bonds. The number of carbonyl (C=O) groups excluding carboxylic acids is 1. The number of rotatable bonds is 13. The number of hydrogen-bond acceptors (Lipinski definition) is 5. The van der Waals surface area contributed by atoms with Crippen LogP contribution in [0.3, 0.4) is 0 Å². The Hall–Kier alpha value is -2.69. The number of ketones is 1. The van der Waals surface area contributed by atoms with E-state index in [9.17, 15) is 4.79 Å². The van der Waals surface area contributed by atoms with Crippen LogP contribution in [0.5, 0.6) is 23.0 Å². The second-order valence-electron chi connectivity index (χ2n) is 6.72. The van der Waals surface area contributed by atoms with Gasteiger partial charge in [-0.1, -0.05) is 19.1 Å². The molecule has 2 aromatic rings. The third-order valence-electron chi connectivity index (χ3n) is 4.70. The van der Waals surface area contributed by atoms with Gasteiger partial charge in [0.1, 0.15) is 17.1 Å². The van der Waals surface area contributed by atoms with E-state index in [4.69, 9.17) is 18.9 Å². The van der Waals surface area contributed by atoms with E-state index in [1.54, 1.807) is 12.1 Å². The summed E-state index contributed by atoms with van der Waals surface area (Å²) in [5, 5.41) is 0. The van der Waals surface area contributed by atoms with Gasteiger partial charge in [0.2, 0.25) is 0 Å². The smallest absolute Gasteiger partial charge is 0.175 e. The number of ether oxygens (including phenoxy) is 4. The molecular weight excluding hydrogens is 380 g/mol. The maximum atomic E-state index is 13.3. The fraction of sp³-hybridized carbons (Fsp3) is 0.480. The van der Waals surface area contributed by atoms with Crippen molar-refractivity contribution in [1.82, 2.24) is 0 Å². The van der Waals surface area contributed by atoms with E-state index in [0.29, 0.717) is 62.1 Å². The Morgan fingerprint density at radius 2 is 1.30 bits per heavy atom. The largest absolute Gasteiger partial charge is 0.494 e. The van der Waals surface area contributed by atoms with Gasteiger partial charge in [-0.05, 0) is 69.9 Å². The van der Waals surface area contributed by atoms with Crippen molar-refractivity contribution in [2.75, 3.05) is 26.4 Å². The van der Waals surface area contributed by atoms with Crippen LogP contribution in [-0.4, -0.2) is 32.2 Å². The van der Waals surface area contributed by atoms with E-state index in [2.05, 4.69) is 19.1 Å². The molecule has 2 aromatic carbocycles. The Labute approximate surface area is 180 Å². The molecule has 0 fully saturated rings. The number of Topliss-reactive ketones (excluding diaryl/α,β-unsaturated/α-hetero) is 1. The van der Waals surface area contributed by atoms with E-state index in [0.717, 1.165) is 17.7 Å². The van der Waals surface area contributed by atoms with Gasteiger partial charge in [0.05, 0.1) is 26.4 Å². The Bertz CT molecular complexity index is 829. The zero-order valence-electron chi connectivity index (χ0n) is 18.9. The van der Waals surface area contributed by atoms with Crippen LogP contribution in [0.2, 0.25) is 0 Å². The van der Waals surface area contributed by atoms with Crippen LogP contribution in [0.15, 0.2) is 30.3 Å². The lowest BCUT2D eigenvalue weighted by atomic mass is 9.98. The Morgan fingerprint density at radius 1 is 0.733 bits per heavy atom. The summed E-state index contributed by atoms with van der Waals surface area (Å²) in [6.07, 6.45) is 1.84. The minimum absolute atomic E-state index is 0.0344. The maximum Gasteiger partial charge on any atom is 0.175 e. The number of carbonyl (C=O) groups is 1. The van der Waals surface area contributed by atoms with E-state index >= 15 is 0 Å². The summed E-state index contributed by atoms with van der Waals surface area (Å²) in [5.74, 6) is 2.35. The topological polar surface area (TPSA) is 54.0 Å². The van der Waals surface area contributed by atoms with E-state index in [1.807, 2.05) is 33.8 Å². The highest BCUT2D eigenvalue weighted by Crippen LogP contribution is 2.39. The summed E-state index contributed by atoms with van der Waals surface area (Å²) in [6.45, 7) is 11.8. The molecule has 0 radical (unpaired) electrons. The summed E-state index contributed by atoms with van der Waals surface area (Å²) >= 11 is 0. The second kappa shape index (κ2) is 12.1. The third kappa shape index (κ3) is 5.91. The number of benzene rings is 2.